The first-order valence-electron chi connectivity index (χ1n) is 8.57. The average molecular weight is 332 g/mol. The molecule has 1 aromatic heterocycles. The molecule has 0 bridgehead atoms. The fourth-order valence-corrected chi connectivity index (χ4v) is 3.29. The second kappa shape index (κ2) is 6.65. The van der Waals surface area contributed by atoms with Crippen LogP contribution < -0.4 is 0 Å². The Hall–Kier alpha value is -2.72. The third-order valence-electron chi connectivity index (χ3n) is 4.67. The monoisotopic (exact) mass is 332 g/mol. The molecule has 0 atom stereocenters. The van der Waals surface area contributed by atoms with Crippen molar-refractivity contribution in [3.63, 3.8) is 0 Å². The lowest BCUT2D eigenvalue weighted by molar-refractivity contribution is 0.0304. The maximum Gasteiger partial charge on any atom is 0.254 e. The van der Waals surface area contributed by atoms with Gasteiger partial charge in [-0.05, 0) is 24.6 Å². The molecule has 126 valence electrons. The van der Waals surface area contributed by atoms with Crippen molar-refractivity contribution in [3.8, 4) is 11.3 Å². The van der Waals surface area contributed by atoms with Gasteiger partial charge in [0, 0.05) is 24.0 Å². The molecule has 4 rings (SSSR count). The van der Waals surface area contributed by atoms with Gasteiger partial charge in [-0.3, -0.25) is 4.79 Å². The van der Waals surface area contributed by atoms with Crippen LogP contribution in [0.5, 0.6) is 0 Å². The van der Waals surface area contributed by atoms with Gasteiger partial charge in [0.1, 0.15) is 0 Å². The summed E-state index contributed by atoms with van der Waals surface area (Å²) in [7, 11) is 0. The molecule has 4 heteroatoms. The number of carbonyl (C=O) groups is 1. The van der Waals surface area contributed by atoms with Gasteiger partial charge < -0.3 is 9.64 Å². The summed E-state index contributed by atoms with van der Waals surface area (Å²) in [6.45, 7) is 4.53. The smallest absolute Gasteiger partial charge is 0.254 e. The minimum absolute atomic E-state index is 0.0525. The Kier molecular flexibility index (Phi) is 4.20. The Balaban J connectivity index is 1.87. The summed E-state index contributed by atoms with van der Waals surface area (Å²) in [4.78, 5) is 19.8. The molecule has 3 aromatic rings. The van der Waals surface area contributed by atoms with E-state index in [1.165, 1.54) is 0 Å². The molecule has 1 saturated heterocycles. The van der Waals surface area contributed by atoms with Gasteiger partial charge in [0.15, 0.2) is 0 Å². The minimum atomic E-state index is 0.0525. The fraction of sp³-hybridized carbons (Fsp3) is 0.238. The first-order valence-corrected chi connectivity index (χ1v) is 8.57. The molecule has 2 heterocycles. The summed E-state index contributed by atoms with van der Waals surface area (Å²) >= 11 is 0. The molecule has 1 amide bonds. The second-order valence-electron chi connectivity index (χ2n) is 6.29. The van der Waals surface area contributed by atoms with Crippen LogP contribution in [0.4, 0.5) is 0 Å². The van der Waals surface area contributed by atoms with Gasteiger partial charge in [-0.2, -0.15) is 0 Å². The van der Waals surface area contributed by atoms with Crippen molar-refractivity contribution in [1.82, 2.24) is 9.88 Å². The van der Waals surface area contributed by atoms with Gasteiger partial charge in [-0.25, -0.2) is 4.98 Å². The molecule has 1 aliphatic rings. The number of aromatic nitrogens is 1. The van der Waals surface area contributed by atoms with E-state index >= 15 is 0 Å². The van der Waals surface area contributed by atoms with Crippen molar-refractivity contribution in [2.75, 3.05) is 26.3 Å². The number of hydrogen-bond acceptors (Lipinski definition) is 3. The lowest BCUT2D eigenvalue weighted by Gasteiger charge is -2.27. The van der Waals surface area contributed by atoms with Crippen LogP contribution in [0.1, 0.15) is 15.9 Å². The Morgan fingerprint density at radius 3 is 2.56 bits per heavy atom. The van der Waals surface area contributed by atoms with Crippen LogP contribution in [-0.2, 0) is 4.74 Å². The van der Waals surface area contributed by atoms with E-state index in [0.29, 0.717) is 31.9 Å². The fourth-order valence-electron chi connectivity index (χ4n) is 3.29. The zero-order valence-corrected chi connectivity index (χ0v) is 14.2. The van der Waals surface area contributed by atoms with Crippen LogP contribution >= 0.6 is 0 Å². The van der Waals surface area contributed by atoms with Crippen molar-refractivity contribution < 1.29 is 9.53 Å². The number of benzene rings is 2. The maximum absolute atomic E-state index is 13.1. The summed E-state index contributed by atoms with van der Waals surface area (Å²) in [6, 6.07) is 17.9. The van der Waals surface area contributed by atoms with Crippen LogP contribution in [-0.4, -0.2) is 42.1 Å². The van der Waals surface area contributed by atoms with Gasteiger partial charge in [-0.1, -0.05) is 42.5 Å². The highest BCUT2D eigenvalue weighted by Gasteiger charge is 2.22. The van der Waals surface area contributed by atoms with E-state index in [1.54, 1.807) is 0 Å². The number of rotatable bonds is 2. The SMILES string of the molecule is Cc1ccccc1-c1cc(C(=O)N2CCOCC2)c2ccccc2n1. The Labute approximate surface area is 147 Å². The van der Waals surface area contributed by atoms with Crippen LogP contribution in [0.25, 0.3) is 22.2 Å². The quantitative estimate of drug-likeness (QED) is 0.719. The molecule has 0 N–H and O–H groups in total. The molecule has 0 spiro atoms. The standard InChI is InChI=1S/C21H20N2O2/c1-15-6-2-3-7-16(15)20-14-18(17-8-4-5-9-19(17)22-20)21(24)23-10-12-25-13-11-23/h2-9,14H,10-13H2,1H3. The van der Waals surface area contributed by atoms with Gasteiger partial charge in [0.25, 0.3) is 5.91 Å². The largest absolute Gasteiger partial charge is 0.378 e. The van der Waals surface area contributed by atoms with Crippen LogP contribution in [0.2, 0.25) is 0 Å². The van der Waals surface area contributed by atoms with E-state index in [1.807, 2.05) is 47.4 Å². The number of carbonyl (C=O) groups excluding carboxylic acids is 1. The predicted molar refractivity (Wildman–Crippen MR) is 98.6 cm³/mol. The molecule has 0 aliphatic carbocycles. The number of nitrogens with zero attached hydrogens (tertiary/aromatic N) is 2. The van der Waals surface area contributed by atoms with E-state index in [4.69, 9.17) is 9.72 Å². The van der Waals surface area contributed by atoms with E-state index in [2.05, 4.69) is 19.1 Å². The highest BCUT2D eigenvalue weighted by Crippen LogP contribution is 2.27. The number of fused-ring (bicyclic) bond motifs is 1. The third-order valence-corrected chi connectivity index (χ3v) is 4.67. The number of morpholine rings is 1. The normalized spacial score (nSPS) is 14.7. The first kappa shape index (κ1) is 15.8. The predicted octanol–water partition coefficient (Wildman–Crippen LogP) is 3.68. The number of aryl methyl sites for hydroxylation is 1. The molecular weight excluding hydrogens is 312 g/mol. The summed E-state index contributed by atoms with van der Waals surface area (Å²) in [6.07, 6.45) is 0. The van der Waals surface area contributed by atoms with E-state index < -0.39 is 0 Å². The summed E-state index contributed by atoms with van der Waals surface area (Å²) < 4.78 is 5.38. The maximum atomic E-state index is 13.1. The highest BCUT2D eigenvalue weighted by molar-refractivity contribution is 6.07. The molecular formula is C21H20N2O2. The van der Waals surface area contributed by atoms with Gasteiger partial charge in [0.2, 0.25) is 0 Å². The molecule has 1 aliphatic heterocycles. The Bertz CT molecular complexity index is 930. The number of amides is 1. The highest BCUT2D eigenvalue weighted by atomic mass is 16.5. The molecule has 25 heavy (non-hydrogen) atoms. The lowest BCUT2D eigenvalue weighted by Crippen LogP contribution is -2.40. The van der Waals surface area contributed by atoms with Crippen LogP contribution in [0.3, 0.4) is 0 Å². The molecule has 2 aromatic carbocycles. The lowest BCUT2D eigenvalue weighted by atomic mass is 10.0. The molecule has 1 fully saturated rings. The zero-order chi connectivity index (χ0) is 17.2. The van der Waals surface area contributed by atoms with Gasteiger partial charge in [0.05, 0.1) is 30.0 Å². The molecule has 4 nitrogen and oxygen atoms in total. The third kappa shape index (κ3) is 3.01. The number of ether oxygens (including phenoxy) is 1. The molecule has 0 saturated carbocycles. The summed E-state index contributed by atoms with van der Waals surface area (Å²) in [5, 5.41) is 0.899. The van der Waals surface area contributed by atoms with Crippen LogP contribution in [0, 0.1) is 6.92 Å². The van der Waals surface area contributed by atoms with Crippen molar-refractivity contribution in [3.05, 3.63) is 65.7 Å². The molecule has 0 unspecified atom stereocenters. The molecule has 0 radical (unpaired) electrons. The number of para-hydroxylation sites is 1. The van der Waals surface area contributed by atoms with Crippen molar-refractivity contribution in [1.29, 1.82) is 0 Å². The minimum Gasteiger partial charge on any atom is -0.378 e. The van der Waals surface area contributed by atoms with Crippen molar-refractivity contribution in [2.24, 2.45) is 0 Å². The number of pyridine rings is 1. The van der Waals surface area contributed by atoms with Gasteiger partial charge >= 0.3 is 0 Å². The topological polar surface area (TPSA) is 42.4 Å². The van der Waals surface area contributed by atoms with Crippen molar-refractivity contribution >= 4 is 16.8 Å². The first-order chi connectivity index (χ1) is 12.2. The van der Waals surface area contributed by atoms with Crippen LogP contribution in [0.15, 0.2) is 54.6 Å². The average Bonchev–Trinajstić information content (AvgIpc) is 2.67. The Morgan fingerprint density at radius 1 is 1.04 bits per heavy atom. The van der Waals surface area contributed by atoms with E-state index in [9.17, 15) is 4.79 Å². The van der Waals surface area contributed by atoms with Gasteiger partial charge in [-0.15, -0.1) is 0 Å². The Morgan fingerprint density at radius 2 is 1.76 bits per heavy atom. The second-order valence-corrected chi connectivity index (χ2v) is 6.29. The van der Waals surface area contributed by atoms with E-state index in [-0.39, 0.29) is 5.91 Å². The zero-order valence-electron chi connectivity index (χ0n) is 14.2. The summed E-state index contributed by atoms with van der Waals surface area (Å²) in [5.41, 5.74) is 4.61. The number of hydrogen-bond donors (Lipinski definition) is 0. The summed E-state index contributed by atoms with van der Waals surface area (Å²) in [5.74, 6) is 0.0525. The van der Waals surface area contributed by atoms with E-state index in [0.717, 1.165) is 27.7 Å². The van der Waals surface area contributed by atoms with Crippen molar-refractivity contribution in [2.45, 2.75) is 6.92 Å².